The number of para-hydroxylation sites is 1. The fourth-order valence-corrected chi connectivity index (χ4v) is 2.76. The molecular weight excluding hydrogens is 246 g/mol. The van der Waals surface area contributed by atoms with Crippen LogP contribution in [0.1, 0.15) is 26.3 Å². The van der Waals surface area contributed by atoms with Crippen LogP contribution < -0.4 is 5.32 Å². The van der Waals surface area contributed by atoms with Crippen molar-refractivity contribution in [2.45, 2.75) is 33.2 Å². The van der Waals surface area contributed by atoms with Crippen LogP contribution in [-0.2, 0) is 0 Å². The van der Waals surface area contributed by atoms with Gasteiger partial charge in [-0.1, -0.05) is 18.2 Å². The van der Waals surface area contributed by atoms with E-state index in [0.717, 1.165) is 13.1 Å². The lowest BCUT2D eigenvalue weighted by molar-refractivity contribution is 0.0642. The molecule has 2 rings (SSSR count). The topological polar surface area (TPSA) is 18.5 Å². The highest BCUT2D eigenvalue weighted by Gasteiger charge is 2.25. The van der Waals surface area contributed by atoms with E-state index in [2.05, 4.69) is 67.1 Å². The summed E-state index contributed by atoms with van der Waals surface area (Å²) in [5.74, 6) is 0. The smallest absolute Gasteiger partial charge is 0.0370 e. The summed E-state index contributed by atoms with van der Waals surface area (Å²) in [6, 6.07) is 8.50. The van der Waals surface area contributed by atoms with Gasteiger partial charge in [-0.25, -0.2) is 0 Å². The summed E-state index contributed by atoms with van der Waals surface area (Å²) in [5, 5.41) is 3.55. The Hall–Kier alpha value is -1.06. The Bertz CT molecular complexity index is 414. The van der Waals surface area contributed by atoms with Crippen molar-refractivity contribution in [2.24, 2.45) is 0 Å². The minimum Gasteiger partial charge on any atom is -0.384 e. The summed E-state index contributed by atoms with van der Waals surface area (Å²) in [7, 11) is 0. The molecule has 20 heavy (non-hydrogen) atoms. The van der Waals surface area contributed by atoms with Gasteiger partial charge in [-0.05, 0) is 39.3 Å². The van der Waals surface area contributed by atoms with E-state index < -0.39 is 0 Å². The third-order valence-electron chi connectivity index (χ3n) is 4.21. The van der Waals surface area contributed by atoms with E-state index in [9.17, 15) is 0 Å². The van der Waals surface area contributed by atoms with Crippen molar-refractivity contribution in [3.63, 3.8) is 0 Å². The maximum absolute atomic E-state index is 3.55. The van der Waals surface area contributed by atoms with Crippen LogP contribution in [0.2, 0.25) is 0 Å². The van der Waals surface area contributed by atoms with Crippen molar-refractivity contribution in [3.8, 4) is 0 Å². The SMILES string of the molecule is Cc1ccccc1NCCN1CCN(C(C)(C)C)CC1. The van der Waals surface area contributed by atoms with E-state index in [1.54, 1.807) is 0 Å². The van der Waals surface area contributed by atoms with Gasteiger partial charge in [0.25, 0.3) is 0 Å². The molecule has 112 valence electrons. The van der Waals surface area contributed by atoms with Crippen LogP contribution in [0.15, 0.2) is 24.3 Å². The summed E-state index contributed by atoms with van der Waals surface area (Å²) in [5.41, 5.74) is 2.90. The lowest BCUT2D eigenvalue weighted by Crippen LogP contribution is -2.53. The third kappa shape index (κ3) is 4.22. The van der Waals surface area contributed by atoms with Gasteiger partial charge >= 0.3 is 0 Å². The normalized spacial score (nSPS) is 18.2. The van der Waals surface area contributed by atoms with Gasteiger partial charge in [-0.3, -0.25) is 9.80 Å². The van der Waals surface area contributed by atoms with Crippen LogP contribution in [0.25, 0.3) is 0 Å². The van der Waals surface area contributed by atoms with Crippen LogP contribution in [0.4, 0.5) is 5.69 Å². The largest absolute Gasteiger partial charge is 0.384 e. The second-order valence-corrected chi connectivity index (χ2v) is 6.74. The molecule has 0 aromatic heterocycles. The molecule has 1 saturated heterocycles. The Morgan fingerprint density at radius 3 is 2.30 bits per heavy atom. The van der Waals surface area contributed by atoms with Gasteiger partial charge in [0.05, 0.1) is 0 Å². The molecule has 1 aliphatic heterocycles. The fourth-order valence-electron chi connectivity index (χ4n) is 2.76. The number of anilines is 1. The predicted molar refractivity (Wildman–Crippen MR) is 87.4 cm³/mol. The highest BCUT2D eigenvalue weighted by Crippen LogP contribution is 2.16. The second kappa shape index (κ2) is 6.59. The van der Waals surface area contributed by atoms with Gasteiger partial charge in [0.2, 0.25) is 0 Å². The number of piperazine rings is 1. The Labute approximate surface area is 124 Å². The van der Waals surface area contributed by atoms with Crippen molar-refractivity contribution in [1.29, 1.82) is 0 Å². The van der Waals surface area contributed by atoms with Gasteiger partial charge in [0.15, 0.2) is 0 Å². The Morgan fingerprint density at radius 1 is 1.05 bits per heavy atom. The number of aryl methyl sites for hydroxylation is 1. The molecule has 1 N–H and O–H groups in total. The molecule has 0 saturated carbocycles. The molecule has 0 amide bonds. The molecule has 0 bridgehead atoms. The van der Waals surface area contributed by atoms with E-state index in [1.165, 1.54) is 37.4 Å². The molecule has 1 fully saturated rings. The lowest BCUT2D eigenvalue weighted by Gasteiger charge is -2.42. The van der Waals surface area contributed by atoms with Gasteiger partial charge in [-0.2, -0.15) is 0 Å². The maximum Gasteiger partial charge on any atom is 0.0370 e. The van der Waals surface area contributed by atoms with Gasteiger partial charge in [-0.15, -0.1) is 0 Å². The predicted octanol–water partition coefficient (Wildman–Crippen LogP) is 2.82. The minimum atomic E-state index is 0.311. The average Bonchev–Trinajstić information content (AvgIpc) is 2.40. The highest BCUT2D eigenvalue weighted by molar-refractivity contribution is 5.50. The molecule has 1 aromatic carbocycles. The zero-order valence-electron chi connectivity index (χ0n) is 13.4. The Balaban J connectivity index is 1.71. The molecule has 0 aliphatic carbocycles. The molecule has 0 unspecified atom stereocenters. The average molecular weight is 275 g/mol. The first-order valence-corrected chi connectivity index (χ1v) is 7.74. The first kappa shape index (κ1) is 15.3. The molecule has 3 heteroatoms. The summed E-state index contributed by atoms with van der Waals surface area (Å²) >= 11 is 0. The van der Waals surface area contributed by atoms with Crippen LogP contribution in [0.3, 0.4) is 0 Å². The Morgan fingerprint density at radius 2 is 1.70 bits per heavy atom. The number of benzene rings is 1. The van der Waals surface area contributed by atoms with E-state index >= 15 is 0 Å². The van der Waals surface area contributed by atoms with Crippen molar-refractivity contribution >= 4 is 5.69 Å². The van der Waals surface area contributed by atoms with Gasteiger partial charge in [0.1, 0.15) is 0 Å². The standard InChI is InChI=1S/C17H29N3/c1-15-7-5-6-8-16(15)18-9-10-19-11-13-20(14-12-19)17(2,3)4/h5-8,18H,9-14H2,1-4H3. The summed E-state index contributed by atoms with van der Waals surface area (Å²) in [6.07, 6.45) is 0. The van der Waals surface area contributed by atoms with E-state index in [1.807, 2.05) is 0 Å². The summed E-state index contributed by atoms with van der Waals surface area (Å²) < 4.78 is 0. The second-order valence-electron chi connectivity index (χ2n) is 6.74. The van der Waals surface area contributed by atoms with E-state index in [-0.39, 0.29) is 0 Å². The van der Waals surface area contributed by atoms with E-state index in [0.29, 0.717) is 5.54 Å². The fraction of sp³-hybridized carbons (Fsp3) is 0.647. The number of rotatable bonds is 4. The highest BCUT2D eigenvalue weighted by atomic mass is 15.3. The zero-order chi connectivity index (χ0) is 14.6. The number of nitrogens with one attached hydrogen (secondary N) is 1. The zero-order valence-corrected chi connectivity index (χ0v) is 13.4. The van der Waals surface area contributed by atoms with Gasteiger partial charge in [0, 0.05) is 50.5 Å². The molecule has 1 aromatic rings. The Kier molecular flexibility index (Phi) is 5.06. The number of hydrogen-bond acceptors (Lipinski definition) is 3. The molecule has 3 nitrogen and oxygen atoms in total. The van der Waals surface area contributed by atoms with Crippen LogP contribution in [0, 0.1) is 6.92 Å². The van der Waals surface area contributed by atoms with Crippen molar-refractivity contribution in [2.75, 3.05) is 44.6 Å². The molecule has 1 heterocycles. The molecule has 0 radical (unpaired) electrons. The van der Waals surface area contributed by atoms with Crippen LogP contribution in [0.5, 0.6) is 0 Å². The third-order valence-corrected chi connectivity index (χ3v) is 4.21. The number of hydrogen-bond donors (Lipinski definition) is 1. The number of nitrogens with zero attached hydrogens (tertiary/aromatic N) is 2. The quantitative estimate of drug-likeness (QED) is 0.911. The van der Waals surface area contributed by atoms with Crippen molar-refractivity contribution in [1.82, 2.24) is 9.80 Å². The lowest BCUT2D eigenvalue weighted by atomic mass is 10.1. The molecular formula is C17H29N3. The first-order chi connectivity index (χ1) is 9.47. The molecule has 0 atom stereocenters. The summed E-state index contributed by atoms with van der Waals surface area (Å²) in [6.45, 7) is 16.0. The van der Waals surface area contributed by atoms with Crippen LogP contribution in [-0.4, -0.2) is 54.6 Å². The van der Waals surface area contributed by atoms with Gasteiger partial charge < -0.3 is 5.32 Å². The molecule has 1 aliphatic rings. The maximum atomic E-state index is 3.55. The van der Waals surface area contributed by atoms with Crippen molar-refractivity contribution in [3.05, 3.63) is 29.8 Å². The van der Waals surface area contributed by atoms with E-state index in [4.69, 9.17) is 0 Å². The summed E-state index contributed by atoms with van der Waals surface area (Å²) in [4.78, 5) is 5.14. The minimum absolute atomic E-state index is 0.311. The monoisotopic (exact) mass is 275 g/mol. The van der Waals surface area contributed by atoms with Crippen LogP contribution >= 0.6 is 0 Å². The molecule has 0 spiro atoms. The van der Waals surface area contributed by atoms with Crippen molar-refractivity contribution < 1.29 is 0 Å². The first-order valence-electron chi connectivity index (χ1n) is 7.74.